The fourth-order valence-corrected chi connectivity index (χ4v) is 1.91. The molecule has 2 rings (SSSR count). The van der Waals surface area contributed by atoms with E-state index in [1.807, 2.05) is 24.3 Å². The zero-order valence-electron chi connectivity index (χ0n) is 8.98. The van der Waals surface area contributed by atoms with Crippen molar-refractivity contribution in [3.8, 4) is 0 Å². The molecule has 1 aliphatic rings. The molecular weight excluding hydrogens is 204 g/mol. The van der Waals surface area contributed by atoms with E-state index in [0.29, 0.717) is 19.4 Å². The average Bonchev–Trinajstić information content (AvgIpc) is 2.73. The Balaban J connectivity index is 2.14. The van der Waals surface area contributed by atoms with Gasteiger partial charge < -0.3 is 10.2 Å². The van der Waals surface area contributed by atoms with Crippen molar-refractivity contribution in [2.75, 3.05) is 11.4 Å². The van der Waals surface area contributed by atoms with Crippen molar-refractivity contribution in [2.24, 2.45) is 0 Å². The molecule has 1 fully saturated rings. The van der Waals surface area contributed by atoms with Crippen LogP contribution < -0.4 is 10.2 Å². The highest BCUT2D eigenvalue weighted by molar-refractivity contribution is 5.95. The van der Waals surface area contributed by atoms with Crippen LogP contribution in [0.15, 0.2) is 24.3 Å². The summed E-state index contributed by atoms with van der Waals surface area (Å²) in [7, 11) is 0. The molecule has 0 bridgehead atoms. The molecule has 1 aromatic rings. The van der Waals surface area contributed by atoms with Crippen LogP contribution in [0.25, 0.3) is 0 Å². The maximum Gasteiger partial charge on any atom is 0.227 e. The summed E-state index contributed by atoms with van der Waals surface area (Å²) in [5, 5.41) is 2.61. The van der Waals surface area contributed by atoms with Gasteiger partial charge in [0.25, 0.3) is 0 Å². The topological polar surface area (TPSA) is 49.4 Å². The number of nitrogens with zero attached hydrogens (tertiary/aromatic N) is 1. The summed E-state index contributed by atoms with van der Waals surface area (Å²) in [5.41, 5.74) is 1.93. The minimum absolute atomic E-state index is 0.181. The highest BCUT2D eigenvalue weighted by Crippen LogP contribution is 2.22. The van der Waals surface area contributed by atoms with Crippen molar-refractivity contribution < 1.29 is 9.59 Å². The zero-order valence-corrected chi connectivity index (χ0v) is 8.98. The highest BCUT2D eigenvalue weighted by Gasteiger charge is 2.21. The van der Waals surface area contributed by atoms with Gasteiger partial charge >= 0.3 is 0 Å². The Labute approximate surface area is 94.2 Å². The SMILES string of the molecule is O=CNCc1cccc(N2CCCC2=O)c1. The average molecular weight is 218 g/mol. The summed E-state index contributed by atoms with van der Waals surface area (Å²) >= 11 is 0. The van der Waals surface area contributed by atoms with Crippen LogP contribution in [0.3, 0.4) is 0 Å². The Bertz CT molecular complexity index is 404. The van der Waals surface area contributed by atoms with Gasteiger partial charge in [-0.3, -0.25) is 9.59 Å². The fourth-order valence-electron chi connectivity index (χ4n) is 1.91. The number of anilines is 1. The van der Waals surface area contributed by atoms with Crippen molar-refractivity contribution in [2.45, 2.75) is 19.4 Å². The normalized spacial score (nSPS) is 15.2. The summed E-state index contributed by atoms with van der Waals surface area (Å²) in [6.07, 6.45) is 2.24. The molecule has 1 saturated heterocycles. The number of carbonyl (C=O) groups is 2. The second kappa shape index (κ2) is 4.79. The molecule has 0 saturated carbocycles. The molecule has 2 amide bonds. The maximum absolute atomic E-state index is 11.6. The molecule has 4 nitrogen and oxygen atoms in total. The van der Waals surface area contributed by atoms with Crippen molar-refractivity contribution in [3.05, 3.63) is 29.8 Å². The van der Waals surface area contributed by atoms with Gasteiger partial charge in [0, 0.05) is 25.2 Å². The molecule has 0 radical (unpaired) electrons. The van der Waals surface area contributed by atoms with Gasteiger partial charge in [0.05, 0.1) is 0 Å². The van der Waals surface area contributed by atoms with Crippen molar-refractivity contribution >= 4 is 18.0 Å². The van der Waals surface area contributed by atoms with Gasteiger partial charge in [0.2, 0.25) is 12.3 Å². The van der Waals surface area contributed by atoms with E-state index in [4.69, 9.17) is 0 Å². The number of nitrogens with one attached hydrogen (secondary N) is 1. The summed E-state index contributed by atoms with van der Waals surface area (Å²) in [6, 6.07) is 7.71. The Morgan fingerprint density at radius 2 is 2.31 bits per heavy atom. The van der Waals surface area contributed by atoms with Gasteiger partial charge in [0.15, 0.2) is 0 Å². The lowest BCUT2D eigenvalue weighted by molar-refractivity contribution is -0.117. The first-order valence-electron chi connectivity index (χ1n) is 5.37. The molecule has 0 atom stereocenters. The van der Waals surface area contributed by atoms with Crippen LogP contribution in [0, 0.1) is 0 Å². The van der Waals surface area contributed by atoms with E-state index in [0.717, 1.165) is 24.2 Å². The summed E-state index contributed by atoms with van der Waals surface area (Å²) in [5.74, 6) is 0.181. The van der Waals surface area contributed by atoms with Gasteiger partial charge in [-0.05, 0) is 24.1 Å². The Morgan fingerprint density at radius 1 is 1.44 bits per heavy atom. The lowest BCUT2D eigenvalue weighted by Gasteiger charge is -2.16. The molecule has 1 aromatic carbocycles. The van der Waals surface area contributed by atoms with Crippen LogP contribution in [0.5, 0.6) is 0 Å². The van der Waals surface area contributed by atoms with Crippen LogP contribution in [-0.2, 0) is 16.1 Å². The largest absolute Gasteiger partial charge is 0.355 e. The minimum Gasteiger partial charge on any atom is -0.355 e. The fraction of sp³-hybridized carbons (Fsp3) is 0.333. The first-order chi connectivity index (χ1) is 7.81. The summed E-state index contributed by atoms with van der Waals surface area (Å²) < 4.78 is 0. The highest BCUT2D eigenvalue weighted by atomic mass is 16.2. The van der Waals surface area contributed by atoms with Gasteiger partial charge in [-0.2, -0.15) is 0 Å². The third-order valence-corrected chi connectivity index (χ3v) is 2.69. The predicted octanol–water partition coefficient (Wildman–Crippen LogP) is 1.06. The lowest BCUT2D eigenvalue weighted by Crippen LogP contribution is -2.23. The molecule has 84 valence electrons. The second-order valence-corrected chi connectivity index (χ2v) is 3.82. The van der Waals surface area contributed by atoms with Gasteiger partial charge in [-0.15, -0.1) is 0 Å². The third-order valence-electron chi connectivity index (χ3n) is 2.69. The number of benzene rings is 1. The van der Waals surface area contributed by atoms with E-state index >= 15 is 0 Å². The standard InChI is InChI=1S/C12H14N2O2/c15-9-13-8-10-3-1-4-11(7-10)14-6-2-5-12(14)16/h1,3-4,7,9H,2,5-6,8H2,(H,13,15). The van der Waals surface area contributed by atoms with Crippen molar-refractivity contribution in [3.63, 3.8) is 0 Å². The van der Waals surface area contributed by atoms with Gasteiger partial charge in [-0.25, -0.2) is 0 Å². The third kappa shape index (κ3) is 2.21. The minimum atomic E-state index is 0.181. The first-order valence-corrected chi connectivity index (χ1v) is 5.37. The van der Waals surface area contributed by atoms with E-state index in [-0.39, 0.29) is 5.91 Å². The number of hydrogen-bond donors (Lipinski definition) is 1. The molecule has 0 aromatic heterocycles. The molecule has 16 heavy (non-hydrogen) atoms. The molecule has 4 heteroatoms. The van der Waals surface area contributed by atoms with Gasteiger partial charge in [0.1, 0.15) is 0 Å². The Hall–Kier alpha value is -1.84. The van der Waals surface area contributed by atoms with E-state index in [2.05, 4.69) is 5.32 Å². The van der Waals surface area contributed by atoms with Gasteiger partial charge in [-0.1, -0.05) is 12.1 Å². The maximum atomic E-state index is 11.6. The molecule has 1 N–H and O–H groups in total. The van der Waals surface area contributed by atoms with E-state index < -0.39 is 0 Å². The number of amides is 2. The van der Waals surface area contributed by atoms with E-state index in [1.165, 1.54) is 0 Å². The summed E-state index contributed by atoms with van der Waals surface area (Å²) in [4.78, 5) is 23.5. The van der Waals surface area contributed by atoms with Crippen molar-refractivity contribution in [1.82, 2.24) is 5.32 Å². The first kappa shape index (κ1) is 10.7. The Morgan fingerprint density at radius 3 is 3.00 bits per heavy atom. The lowest BCUT2D eigenvalue weighted by atomic mass is 10.2. The number of hydrogen-bond acceptors (Lipinski definition) is 2. The van der Waals surface area contributed by atoms with Crippen LogP contribution in [0.2, 0.25) is 0 Å². The quantitative estimate of drug-likeness (QED) is 0.768. The smallest absolute Gasteiger partial charge is 0.227 e. The molecular formula is C12H14N2O2. The molecule has 0 aliphatic carbocycles. The predicted molar refractivity (Wildman–Crippen MR) is 60.9 cm³/mol. The van der Waals surface area contributed by atoms with Crippen LogP contribution >= 0.6 is 0 Å². The molecule has 1 heterocycles. The molecule has 1 aliphatic heterocycles. The van der Waals surface area contributed by atoms with Crippen LogP contribution in [-0.4, -0.2) is 18.9 Å². The number of carbonyl (C=O) groups excluding carboxylic acids is 2. The van der Waals surface area contributed by atoms with Crippen molar-refractivity contribution in [1.29, 1.82) is 0 Å². The molecule has 0 spiro atoms. The molecule has 0 unspecified atom stereocenters. The van der Waals surface area contributed by atoms with E-state index in [9.17, 15) is 9.59 Å². The monoisotopic (exact) mass is 218 g/mol. The Kier molecular flexibility index (Phi) is 3.19. The zero-order chi connectivity index (χ0) is 11.4. The number of rotatable bonds is 4. The van der Waals surface area contributed by atoms with Crippen LogP contribution in [0.4, 0.5) is 5.69 Å². The van der Waals surface area contributed by atoms with Crippen LogP contribution in [0.1, 0.15) is 18.4 Å². The van der Waals surface area contributed by atoms with E-state index in [1.54, 1.807) is 4.90 Å². The second-order valence-electron chi connectivity index (χ2n) is 3.82. The summed E-state index contributed by atoms with van der Waals surface area (Å²) in [6.45, 7) is 1.29.